The van der Waals surface area contributed by atoms with Gasteiger partial charge in [0.15, 0.2) is 5.96 Å². The lowest BCUT2D eigenvalue weighted by Gasteiger charge is -2.35. The van der Waals surface area contributed by atoms with Gasteiger partial charge in [-0.15, -0.1) is 24.0 Å². The van der Waals surface area contributed by atoms with Crippen molar-refractivity contribution < 1.29 is 9.47 Å². The van der Waals surface area contributed by atoms with Crippen LogP contribution >= 0.6 is 24.0 Å². The Morgan fingerprint density at radius 1 is 1.15 bits per heavy atom. The second-order valence-electron chi connectivity index (χ2n) is 9.07. The van der Waals surface area contributed by atoms with E-state index in [0.29, 0.717) is 0 Å². The van der Waals surface area contributed by atoms with Gasteiger partial charge in [-0.2, -0.15) is 0 Å². The fourth-order valence-corrected chi connectivity index (χ4v) is 4.74. The minimum atomic E-state index is 0. The van der Waals surface area contributed by atoms with E-state index in [-0.39, 0.29) is 30.0 Å². The Hall–Kier alpha value is -1.10. The molecule has 2 fully saturated rings. The molecule has 2 aliphatic heterocycles. The lowest BCUT2D eigenvalue weighted by atomic mass is 10.0. The average molecular weight is 574 g/mol. The fraction of sp³-hybridized carbons (Fsp3) is 0.720. The maximum absolute atomic E-state index is 5.57. The topological polar surface area (TPSA) is 61.4 Å². The predicted octanol–water partition coefficient (Wildman–Crippen LogP) is 3.36. The lowest BCUT2D eigenvalue weighted by molar-refractivity contribution is 0.0170. The van der Waals surface area contributed by atoms with Crippen molar-refractivity contribution in [2.75, 3.05) is 73.2 Å². The largest absolute Gasteiger partial charge is 0.497 e. The number of ether oxygens (including phenoxy) is 2. The third kappa shape index (κ3) is 9.58. The number of hydrogen-bond acceptors (Lipinski definition) is 5. The number of halogens is 1. The highest BCUT2D eigenvalue weighted by atomic mass is 127. The number of morpholine rings is 1. The molecule has 1 aromatic carbocycles. The Morgan fingerprint density at radius 2 is 1.91 bits per heavy atom. The van der Waals surface area contributed by atoms with Crippen LogP contribution in [0.15, 0.2) is 29.3 Å². The Kier molecular flexibility index (Phi) is 13.4. The van der Waals surface area contributed by atoms with Crippen LogP contribution in [0, 0.1) is 5.92 Å². The van der Waals surface area contributed by atoms with E-state index >= 15 is 0 Å². The summed E-state index contributed by atoms with van der Waals surface area (Å²) >= 11 is 0. The lowest BCUT2D eigenvalue weighted by Crippen LogP contribution is -2.46. The highest BCUT2D eigenvalue weighted by molar-refractivity contribution is 14.0. The quantitative estimate of drug-likeness (QED) is 0.194. The van der Waals surface area contributed by atoms with Gasteiger partial charge in [-0.3, -0.25) is 9.89 Å². The zero-order valence-electron chi connectivity index (χ0n) is 20.7. The van der Waals surface area contributed by atoms with Crippen LogP contribution < -0.4 is 15.4 Å². The molecular formula is C25H44IN5O2. The Bertz CT molecular complexity index is 682. The van der Waals surface area contributed by atoms with Gasteiger partial charge < -0.3 is 25.0 Å². The van der Waals surface area contributed by atoms with Gasteiger partial charge in [-0.25, -0.2) is 0 Å². The summed E-state index contributed by atoms with van der Waals surface area (Å²) in [5, 5.41) is 7.06. The van der Waals surface area contributed by atoms with Crippen molar-refractivity contribution in [1.29, 1.82) is 0 Å². The fourth-order valence-electron chi connectivity index (χ4n) is 4.74. The number of benzene rings is 1. The summed E-state index contributed by atoms with van der Waals surface area (Å²) in [6.45, 7) is 11.4. The third-order valence-corrected chi connectivity index (χ3v) is 6.61. The van der Waals surface area contributed by atoms with Crippen molar-refractivity contribution in [1.82, 2.24) is 20.4 Å². The molecule has 0 amide bonds. The second kappa shape index (κ2) is 15.7. The number of likely N-dealkylation sites (tertiary alicyclic amines) is 1. The minimum Gasteiger partial charge on any atom is -0.497 e. The van der Waals surface area contributed by atoms with Gasteiger partial charge in [0.25, 0.3) is 0 Å². The number of methoxy groups -OCH3 is 1. The molecule has 0 saturated carbocycles. The smallest absolute Gasteiger partial charge is 0.191 e. The standard InChI is InChI=1S/C25H43N5O2.HI/c1-21-7-6-14-29(20-21)13-5-4-12-27-25(26-2)28-19-24(30-15-17-32-18-16-30)22-8-10-23(31-3)11-9-22;/h8-11,21,24H,4-7,12-20H2,1-3H3,(H2,26,27,28);1H. The molecule has 2 heterocycles. The normalized spacial score (nSPS) is 21.2. The van der Waals surface area contributed by atoms with E-state index in [1.165, 1.54) is 44.5 Å². The summed E-state index contributed by atoms with van der Waals surface area (Å²) in [6, 6.07) is 8.68. The van der Waals surface area contributed by atoms with Gasteiger partial charge in [0.2, 0.25) is 0 Å². The number of aliphatic imine (C=N–C) groups is 1. The molecule has 2 atom stereocenters. The van der Waals surface area contributed by atoms with Crippen LogP contribution in [0.3, 0.4) is 0 Å². The molecule has 8 heteroatoms. The van der Waals surface area contributed by atoms with Crippen molar-refractivity contribution in [2.45, 2.75) is 38.6 Å². The van der Waals surface area contributed by atoms with Crippen molar-refractivity contribution in [2.24, 2.45) is 10.9 Å². The summed E-state index contributed by atoms with van der Waals surface area (Å²) in [5.41, 5.74) is 1.28. The first kappa shape index (κ1) is 28.1. The first-order chi connectivity index (χ1) is 15.7. The summed E-state index contributed by atoms with van der Waals surface area (Å²) in [4.78, 5) is 9.56. The number of guanidine groups is 1. The van der Waals surface area contributed by atoms with Crippen LogP contribution in [0.25, 0.3) is 0 Å². The molecule has 2 N–H and O–H groups in total. The molecule has 3 rings (SSSR count). The number of nitrogens with zero attached hydrogens (tertiary/aromatic N) is 3. The van der Waals surface area contributed by atoms with E-state index in [0.717, 1.165) is 63.4 Å². The van der Waals surface area contributed by atoms with Gasteiger partial charge in [0.1, 0.15) is 5.75 Å². The molecule has 1 aromatic rings. The molecule has 2 unspecified atom stereocenters. The van der Waals surface area contributed by atoms with Gasteiger partial charge >= 0.3 is 0 Å². The van der Waals surface area contributed by atoms with Gasteiger partial charge in [-0.05, 0) is 62.4 Å². The van der Waals surface area contributed by atoms with Gasteiger partial charge in [0.05, 0.1) is 26.4 Å². The molecule has 0 bridgehead atoms. The first-order valence-corrected chi connectivity index (χ1v) is 12.3. The summed E-state index contributed by atoms with van der Waals surface area (Å²) in [6.07, 6.45) is 5.15. The van der Waals surface area contributed by atoms with E-state index in [4.69, 9.17) is 9.47 Å². The number of nitrogens with one attached hydrogen (secondary N) is 2. The van der Waals surface area contributed by atoms with Crippen LogP contribution in [-0.4, -0.2) is 88.9 Å². The van der Waals surface area contributed by atoms with Crippen LogP contribution in [-0.2, 0) is 4.74 Å². The molecular weight excluding hydrogens is 529 g/mol. The van der Waals surface area contributed by atoms with E-state index in [9.17, 15) is 0 Å². The monoisotopic (exact) mass is 573 g/mol. The van der Waals surface area contributed by atoms with E-state index in [2.05, 4.69) is 44.5 Å². The number of unbranched alkanes of at least 4 members (excludes halogenated alkanes) is 1. The average Bonchev–Trinajstić information content (AvgIpc) is 2.84. The summed E-state index contributed by atoms with van der Waals surface area (Å²) in [5.74, 6) is 2.62. The van der Waals surface area contributed by atoms with E-state index in [1.807, 2.05) is 19.2 Å². The number of rotatable bonds is 10. The highest BCUT2D eigenvalue weighted by Crippen LogP contribution is 2.23. The van der Waals surface area contributed by atoms with Crippen LogP contribution in [0.5, 0.6) is 5.75 Å². The Morgan fingerprint density at radius 3 is 2.58 bits per heavy atom. The third-order valence-electron chi connectivity index (χ3n) is 6.61. The highest BCUT2D eigenvalue weighted by Gasteiger charge is 2.23. The van der Waals surface area contributed by atoms with Crippen LogP contribution in [0.1, 0.15) is 44.2 Å². The number of hydrogen-bond donors (Lipinski definition) is 2. The zero-order chi connectivity index (χ0) is 22.6. The van der Waals surface area contributed by atoms with Crippen molar-refractivity contribution >= 4 is 29.9 Å². The van der Waals surface area contributed by atoms with E-state index < -0.39 is 0 Å². The molecule has 0 aromatic heterocycles. The SMILES string of the molecule is CN=C(NCCCCN1CCCC(C)C1)NCC(c1ccc(OC)cc1)N1CCOCC1.I. The maximum atomic E-state index is 5.57. The van der Waals surface area contributed by atoms with Crippen molar-refractivity contribution in [3.63, 3.8) is 0 Å². The van der Waals surface area contributed by atoms with Gasteiger partial charge in [-0.1, -0.05) is 19.1 Å². The maximum Gasteiger partial charge on any atom is 0.191 e. The van der Waals surface area contributed by atoms with Crippen LogP contribution in [0.2, 0.25) is 0 Å². The van der Waals surface area contributed by atoms with E-state index in [1.54, 1.807) is 7.11 Å². The molecule has 0 aliphatic carbocycles. The van der Waals surface area contributed by atoms with Crippen LogP contribution in [0.4, 0.5) is 0 Å². The first-order valence-electron chi connectivity index (χ1n) is 12.3. The number of piperidine rings is 1. The molecule has 0 spiro atoms. The molecule has 7 nitrogen and oxygen atoms in total. The van der Waals surface area contributed by atoms with Crippen molar-refractivity contribution in [3.05, 3.63) is 29.8 Å². The molecule has 0 radical (unpaired) electrons. The molecule has 188 valence electrons. The second-order valence-corrected chi connectivity index (χ2v) is 9.07. The molecule has 33 heavy (non-hydrogen) atoms. The molecule has 2 saturated heterocycles. The molecule has 2 aliphatic rings. The predicted molar refractivity (Wildman–Crippen MR) is 147 cm³/mol. The van der Waals surface area contributed by atoms with Crippen molar-refractivity contribution in [3.8, 4) is 5.75 Å². The van der Waals surface area contributed by atoms with Gasteiger partial charge in [0, 0.05) is 39.8 Å². The summed E-state index contributed by atoms with van der Waals surface area (Å²) < 4.78 is 10.9. The summed E-state index contributed by atoms with van der Waals surface area (Å²) in [7, 11) is 3.56. The Labute approximate surface area is 217 Å². The minimum absolute atomic E-state index is 0. The Balaban J connectivity index is 0.00000385. The zero-order valence-corrected chi connectivity index (χ0v) is 23.1.